The van der Waals surface area contributed by atoms with Crippen molar-refractivity contribution in [1.82, 2.24) is 4.57 Å². The second-order valence-corrected chi connectivity index (χ2v) is 7.92. The van der Waals surface area contributed by atoms with E-state index in [1.165, 1.54) is 4.57 Å². The number of nitriles is 1. The van der Waals surface area contributed by atoms with Crippen LogP contribution in [0.1, 0.15) is 18.1 Å². The minimum atomic E-state index is -0.551. The summed E-state index contributed by atoms with van der Waals surface area (Å²) in [5.74, 6) is 0.718. The van der Waals surface area contributed by atoms with Crippen molar-refractivity contribution < 1.29 is 14.3 Å². The first kappa shape index (κ1) is 20.4. The molecule has 1 aliphatic rings. The van der Waals surface area contributed by atoms with Gasteiger partial charge in [-0.05, 0) is 49.8 Å². The Morgan fingerprint density at radius 1 is 1.23 bits per heavy atom. The Balaban J connectivity index is 1.79. The van der Waals surface area contributed by atoms with Gasteiger partial charge < -0.3 is 14.8 Å². The fourth-order valence-corrected chi connectivity index (χ4v) is 4.34. The molecule has 31 heavy (non-hydrogen) atoms. The molecule has 0 saturated heterocycles. The van der Waals surface area contributed by atoms with Crippen LogP contribution in [0.25, 0.3) is 11.6 Å². The Labute approximate surface area is 182 Å². The van der Waals surface area contributed by atoms with Gasteiger partial charge in [0.15, 0.2) is 17.1 Å². The van der Waals surface area contributed by atoms with E-state index in [9.17, 15) is 14.9 Å². The monoisotopic (exact) mass is 433 g/mol. The number of carbonyl (C=O) groups is 1. The molecule has 0 atom stereocenters. The summed E-state index contributed by atoms with van der Waals surface area (Å²) in [5, 5.41) is 12.4. The smallest absolute Gasteiger partial charge is 0.269 e. The first-order chi connectivity index (χ1) is 15.0. The first-order valence-corrected chi connectivity index (χ1v) is 10.4. The maximum Gasteiger partial charge on any atom is 0.269 e. The van der Waals surface area contributed by atoms with Gasteiger partial charge in [-0.2, -0.15) is 5.26 Å². The summed E-state index contributed by atoms with van der Waals surface area (Å²) in [6.45, 7) is 4.25. The van der Waals surface area contributed by atoms with Crippen molar-refractivity contribution in [2.45, 2.75) is 20.4 Å². The van der Waals surface area contributed by atoms with Crippen molar-refractivity contribution in [2.24, 2.45) is 0 Å². The molecule has 1 amide bonds. The normalized spacial score (nSPS) is 13.6. The van der Waals surface area contributed by atoms with Crippen LogP contribution < -0.4 is 29.5 Å². The van der Waals surface area contributed by atoms with Crippen molar-refractivity contribution in [2.75, 3.05) is 12.1 Å². The quantitative estimate of drug-likeness (QED) is 0.680. The fraction of sp³-hybridized carbons (Fsp3) is 0.174. The number of carbonyl (C=O) groups excluding carboxylic acids is 1. The Morgan fingerprint density at radius 2 is 1.97 bits per heavy atom. The van der Waals surface area contributed by atoms with Crippen LogP contribution in [0.2, 0.25) is 0 Å². The van der Waals surface area contributed by atoms with Crippen LogP contribution in [-0.4, -0.2) is 17.3 Å². The molecule has 2 heterocycles. The Morgan fingerprint density at radius 3 is 2.68 bits per heavy atom. The molecule has 1 aromatic heterocycles. The summed E-state index contributed by atoms with van der Waals surface area (Å²) in [4.78, 5) is 25.7. The van der Waals surface area contributed by atoms with Crippen LogP contribution in [0.4, 0.5) is 5.69 Å². The third kappa shape index (κ3) is 4.09. The predicted octanol–water partition coefficient (Wildman–Crippen LogP) is 2.11. The van der Waals surface area contributed by atoms with Gasteiger partial charge >= 0.3 is 0 Å². The molecule has 156 valence electrons. The Hall–Kier alpha value is -3.83. The fourth-order valence-electron chi connectivity index (χ4n) is 3.17. The highest BCUT2D eigenvalue weighted by atomic mass is 32.1. The van der Waals surface area contributed by atoms with Crippen LogP contribution in [0, 0.1) is 18.3 Å². The van der Waals surface area contributed by atoms with Gasteiger partial charge in [-0.3, -0.25) is 14.2 Å². The first-order valence-electron chi connectivity index (χ1n) is 9.63. The van der Waals surface area contributed by atoms with Gasteiger partial charge in [-0.1, -0.05) is 23.8 Å². The van der Waals surface area contributed by atoms with Crippen LogP contribution >= 0.6 is 11.3 Å². The van der Waals surface area contributed by atoms with Crippen LogP contribution in [-0.2, 0) is 11.3 Å². The third-order valence-corrected chi connectivity index (χ3v) is 5.91. The maximum atomic E-state index is 12.9. The van der Waals surface area contributed by atoms with E-state index in [1.54, 1.807) is 37.3 Å². The molecule has 0 unspecified atom stereocenters. The van der Waals surface area contributed by atoms with Crippen molar-refractivity contribution in [3.05, 3.63) is 73.1 Å². The highest BCUT2D eigenvalue weighted by Gasteiger charge is 2.16. The van der Waals surface area contributed by atoms with E-state index in [2.05, 4.69) is 5.32 Å². The molecule has 0 bridgehead atoms. The number of benzene rings is 2. The number of aromatic nitrogens is 1. The van der Waals surface area contributed by atoms with E-state index in [1.807, 2.05) is 31.2 Å². The predicted molar refractivity (Wildman–Crippen MR) is 118 cm³/mol. The minimum Gasteiger partial charge on any atom is -0.454 e. The zero-order valence-electron chi connectivity index (χ0n) is 17.0. The minimum absolute atomic E-state index is 0.102. The summed E-state index contributed by atoms with van der Waals surface area (Å²) in [6.07, 6.45) is 1.72. The average Bonchev–Trinajstić information content (AvgIpc) is 3.34. The average molecular weight is 433 g/mol. The zero-order valence-corrected chi connectivity index (χ0v) is 17.8. The molecule has 0 fully saturated rings. The Bertz CT molecular complexity index is 1380. The molecule has 7 nitrogen and oxygen atoms in total. The number of rotatable bonds is 4. The van der Waals surface area contributed by atoms with Gasteiger partial charge in [-0.15, -0.1) is 11.3 Å². The molecule has 8 heteroatoms. The highest BCUT2D eigenvalue weighted by molar-refractivity contribution is 7.07. The second-order valence-electron chi connectivity index (χ2n) is 6.88. The molecular weight excluding hydrogens is 414 g/mol. The molecule has 0 radical (unpaired) electrons. The lowest BCUT2D eigenvalue weighted by Crippen LogP contribution is -2.33. The van der Waals surface area contributed by atoms with Gasteiger partial charge in [0.1, 0.15) is 10.7 Å². The lowest BCUT2D eigenvalue weighted by Gasteiger charge is -2.04. The number of hydrogen-bond acceptors (Lipinski definition) is 6. The van der Waals surface area contributed by atoms with Crippen LogP contribution in [0.3, 0.4) is 0 Å². The molecule has 1 aliphatic heterocycles. The van der Waals surface area contributed by atoms with Gasteiger partial charge in [-0.25, -0.2) is 0 Å². The molecule has 0 aliphatic carbocycles. The number of aryl methyl sites for hydroxylation is 1. The van der Waals surface area contributed by atoms with Crippen LogP contribution in [0.15, 0.2) is 47.3 Å². The molecule has 2 aromatic carbocycles. The topological polar surface area (TPSA) is 93.3 Å². The third-order valence-electron chi connectivity index (χ3n) is 4.78. The molecule has 3 aromatic rings. The molecular formula is C23H19N3O4S. The van der Waals surface area contributed by atoms with Crippen molar-refractivity contribution in [3.63, 3.8) is 0 Å². The zero-order chi connectivity index (χ0) is 22.0. The molecule has 4 rings (SSSR count). The van der Waals surface area contributed by atoms with E-state index in [0.29, 0.717) is 32.9 Å². The summed E-state index contributed by atoms with van der Waals surface area (Å²) < 4.78 is 12.9. The van der Waals surface area contributed by atoms with Gasteiger partial charge in [0, 0.05) is 12.2 Å². The molecule has 0 spiro atoms. The summed E-state index contributed by atoms with van der Waals surface area (Å²) >= 11 is 1.12. The lowest BCUT2D eigenvalue weighted by molar-refractivity contribution is -0.111. The molecule has 0 saturated carbocycles. The van der Waals surface area contributed by atoms with Crippen molar-refractivity contribution >= 4 is 34.6 Å². The number of nitrogens with one attached hydrogen (secondary N) is 1. The van der Waals surface area contributed by atoms with Crippen LogP contribution in [0.5, 0.6) is 11.5 Å². The second kappa shape index (κ2) is 8.50. The van der Waals surface area contributed by atoms with Crippen molar-refractivity contribution in [1.29, 1.82) is 5.26 Å². The maximum absolute atomic E-state index is 12.9. The van der Waals surface area contributed by atoms with Gasteiger partial charge in [0.2, 0.25) is 6.79 Å². The largest absolute Gasteiger partial charge is 0.454 e. The van der Waals surface area contributed by atoms with E-state index in [-0.39, 0.29) is 17.9 Å². The number of thiazole rings is 1. The summed E-state index contributed by atoms with van der Waals surface area (Å²) in [5.41, 5.74) is 2.05. The number of ether oxygens (including phenoxy) is 2. The Kier molecular flexibility index (Phi) is 5.60. The van der Waals surface area contributed by atoms with E-state index in [0.717, 1.165) is 22.5 Å². The van der Waals surface area contributed by atoms with E-state index < -0.39 is 5.91 Å². The number of nitrogens with zero attached hydrogens (tertiary/aromatic N) is 2. The van der Waals surface area contributed by atoms with Gasteiger partial charge in [0.05, 0.1) is 4.53 Å². The molecule has 1 N–H and O–H groups in total. The van der Waals surface area contributed by atoms with E-state index in [4.69, 9.17) is 9.47 Å². The lowest BCUT2D eigenvalue weighted by atomic mass is 10.2. The summed E-state index contributed by atoms with van der Waals surface area (Å²) in [7, 11) is 0. The van der Waals surface area contributed by atoms with E-state index >= 15 is 0 Å². The number of hydrogen-bond donors (Lipinski definition) is 1. The number of fused-ring (bicyclic) bond motifs is 1. The van der Waals surface area contributed by atoms with Gasteiger partial charge in [0.25, 0.3) is 11.5 Å². The SMILES string of the molecule is CCn1c(=O)/c(=C/c2ccc3c(c2)OCO3)s/c1=C(/C#N)C(=O)Nc1ccc(C)cc1. The number of anilines is 1. The van der Waals surface area contributed by atoms with Crippen molar-refractivity contribution in [3.8, 4) is 17.6 Å². The standard InChI is InChI=1S/C23H19N3O4S/c1-3-26-22(28)20(11-15-6-9-18-19(10-15)30-13-29-18)31-23(26)17(12-24)21(27)25-16-7-4-14(2)5-8-16/h4-11H,3,13H2,1-2H3,(H,25,27)/b20-11-,23-17-. The highest BCUT2D eigenvalue weighted by Crippen LogP contribution is 2.32. The summed E-state index contributed by atoms with van der Waals surface area (Å²) in [6, 6.07) is 14.6. The number of amides is 1.